The minimum absolute atomic E-state index is 0. The number of benzene rings is 1. The van der Waals surface area contributed by atoms with Crippen molar-refractivity contribution in [1.29, 1.82) is 0 Å². The number of rotatable bonds is 9. The molecule has 1 aromatic carbocycles. The predicted molar refractivity (Wildman–Crippen MR) is 155 cm³/mol. The van der Waals surface area contributed by atoms with Crippen LogP contribution in [0.15, 0.2) is 29.5 Å². The van der Waals surface area contributed by atoms with Crippen molar-refractivity contribution in [3.63, 3.8) is 0 Å². The summed E-state index contributed by atoms with van der Waals surface area (Å²) in [7, 11) is 0. The van der Waals surface area contributed by atoms with E-state index in [4.69, 9.17) is 4.74 Å². The number of esters is 1. The van der Waals surface area contributed by atoms with Crippen LogP contribution < -0.4 is 5.62 Å². The molecule has 1 N–H and O–H groups in total. The number of halogens is 1. The van der Waals surface area contributed by atoms with Gasteiger partial charge in [-0.3, -0.25) is 9.59 Å². The minimum atomic E-state index is -0.924. The molecule has 9 nitrogen and oxygen atoms in total. The highest BCUT2D eigenvalue weighted by Gasteiger charge is 2.28. The second-order valence-corrected chi connectivity index (χ2v) is 11.7. The van der Waals surface area contributed by atoms with Gasteiger partial charge in [-0.25, -0.2) is 4.79 Å². The number of imidazole rings is 1. The highest BCUT2D eigenvalue weighted by Crippen LogP contribution is 2.39. The Morgan fingerprint density at radius 1 is 0.923 bits per heavy atom. The highest BCUT2D eigenvalue weighted by molar-refractivity contribution is 8.93. The summed E-state index contributed by atoms with van der Waals surface area (Å²) in [5, 5.41) is 11.0. The van der Waals surface area contributed by atoms with Crippen molar-refractivity contribution in [2.75, 3.05) is 6.79 Å². The maximum absolute atomic E-state index is 13.6. The molecule has 0 aliphatic rings. The number of aromatic nitrogens is 2. The summed E-state index contributed by atoms with van der Waals surface area (Å²) in [4.78, 5) is 41.1. The lowest BCUT2D eigenvalue weighted by Crippen LogP contribution is -2.31. The van der Waals surface area contributed by atoms with Crippen LogP contribution in [0.4, 0.5) is 4.79 Å². The molecule has 0 radical (unpaired) electrons. The molecular weight excluding hydrogens is 566 g/mol. The zero-order valence-corrected chi connectivity index (χ0v) is 26.4. The average Bonchev–Trinajstić information content (AvgIpc) is 3.16. The summed E-state index contributed by atoms with van der Waals surface area (Å²) in [6.07, 6.45) is 4.48. The van der Waals surface area contributed by atoms with E-state index in [-0.39, 0.29) is 51.5 Å². The first-order chi connectivity index (χ1) is 17.6. The summed E-state index contributed by atoms with van der Waals surface area (Å²) in [6, 6.07) is 3.50. The highest BCUT2D eigenvalue weighted by atomic mass is 79.9. The molecule has 10 heteroatoms. The number of amides is 1. The van der Waals surface area contributed by atoms with Crippen LogP contribution in [0.3, 0.4) is 0 Å². The first-order valence-electron chi connectivity index (χ1n) is 13.1. The Kier molecular flexibility index (Phi) is 12.2. The Bertz CT molecular complexity index is 1190. The van der Waals surface area contributed by atoms with Crippen LogP contribution >= 0.6 is 17.0 Å². The molecule has 0 fully saturated rings. The number of ketones is 1. The Morgan fingerprint density at radius 2 is 1.44 bits per heavy atom. The number of phenolic OH excluding ortho intramolecular Hbond substituents is 1. The normalized spacial score (nSPS) is 12.3. The Hall–Kier alpha value is -2.88. The van der Waals surface area contributed by atoms with Gasteiger partial charge in [-0.15, -0.1) is 22.0 Å². The maximum atomic E-state index is 13.6. The lowest BCUT2D eigenvalue weighted by atomic mass is 9.78. The molecule has 218 valence electrons. The van der Waals surface area contributed by atoms with E-state index in [9.17, 15) is 19.5 Å². The number of aromatic hydroxyl groups is 1. The van der Waals surface area contributed by atoms with E-state index in [2.05, 4.69) is 23.6 Å². The van der Waals surface area contributed by atoms with Gasteiger partial charge in [-0.1, -0.05) is 68.2 Å². The standard InChI is InChI=1S/C29H43N3O6.BrH/c1-10-20(11-2)16-31-12-13-32(26(31)30-27(36)38-18-37-19(3)33)17-24(34)21-14-22(28(4,5)6)25(35)23(15-21)29(7,8)9;/h12-15,20,35H,10-11,16-18H2,1-9H3;1H/b30-26+;. The number of Topliss-reactive ketones (excluding diaryl/α,β-unsaturated/α-hetero) is 1. The monoisotopic (exact) mass is 609 g/mol. The van der Waals surface area contributed by atoms with E-state index in [0.717, 1.165) is 12.8 Å². The van der Waals surface area contributed by atoms with Crippen LogP contribution in [0.1, 0.15) is 96.6 Å². The van der Waals surface area contributed by atoms with Gasteiger partial charge in [0.05, 0.1) is 6.54 Å². The molecule has 2 rings (SSSR count). The van der Waals surface area contributed by atoms with Gasteiger partial charge in [0.25, 0.3) is 0 Å². The minimum Gasteiger partial charge on any atom is -0.507 e. The number of phenols is 1. The Balaban J connectivity index is 0.00000760. The molecule has 1 heterocycles. The molecule has 0 spiro atoms. The van der Waals surface area contributed by atoms with E-state index in [1.807, 2.05) is 46.1 Å². The van der Waals surface area contributed by atoms with Crippen molar-refractivity contribution >= 4 is 34.8 Å². The lowest BCUT2D eigenvalue weighted by Gasteiger charge is -2.28. The van der Waals surface area contributed by atoms with Crippen molar-refractivity contribution in [3.05, 3.63) is 46.8 Å². The molecule has 0 atom stereocenters. The number of hydrogen-bond donors (Lipinski definition) is 1. The van der Waals surface area contributed by atoms with Crippen molar-refractivity contribution < 1.29 is 29.0 Å². The van der Waals surface area contributed by atoms with Crippen molar-refractivity contribution in [1.82, 2.24) is 9.13 Å². The van der Waals surface area contributed by atoms with Gasteiger partial charge in [0, 0.05) is 42.6 Å². The van der Waals surface area contributed by atoms with Gasteiger partial charge in [-0.05, 0) is 28.9 Å². The Morgan fingerprint density at radius 3 is 1.90 bits per heavy atom. The quantitative estimate of drug-likeness (QED) is 0.210. The molecule has 1 aromatic heterocycles. The molecule has 0 bridgehead atoms. The number of hydrogen-bond acceptors (Lipinski definition) is 6. The summed E-state index contributed by atoms with van der Waals surface area (Å²) in [6.45, 7) is 17.4. The third-order valence-corrected chi connectivity index (χ3v) is 6.55. The largest absolute Gasteiger partial charge is 0.507 e. The fourth-order valence-electron chi connectivity index (χ4n) is 4.14. The average molecular weight is 611 g/mol. The zero-order chi connectivity index (χ0) is 28.8. The van der Waals surface area contributed by atoms with Crippen LogP contribution in [0.25, 0.3) is 0 Å². The third kappa shape index (κ3) is 9.37. The van der Waals surface area contributed by atoms with Crippen LogP contribution in [-0.4, -0.2) is 38.9 Å². The topological polar surface area (TPSA) is 112 Å². The van der Waals surface area contributed by atoms with Crippen LogP contribution in [0.2, 0.25) is 0 Å². The van der Waals surface area contributed by atoms with Crippen molar-refractivity contribution in [2.45, 2.75) is 99.1 Å². The third-order valence-electron chi connectivity index (χ3n) is 6.55. The lowest BCUT2D eigenvalue weighted by molar-refractivity contribution is -0.148. The zero-order valence-electron chi connectivity index (χ0n) is 24.7. The molecule has 0 saturated heterocycles. The number of carbonyl (C=O) groups is 3. The van der Waals surface area contributed by atoms with Gasteiger partial charge >= 0.3 is 12.1 Å². The van der Waals surface area contributed by atoms with Crippen molar-refractivity contribution in [2.24, 2.45) is 10.9 Å². The smallest absolute Gasteiger partial charge is 0.439 e. The van der Waals surface area contributed by atoms with Crippen LogP contribution in [-0.2, 0) is 38.2 Å². The first-order valence-corrected chi connectivity index (χ1v) is 13.1. The van der Waals surface area contributed by atoms with E-state index in [1.54, 1.807) is 29.1 Å². The molecule has 0 aliphatic carbocycles. The summed E-state index contributed by atoms with van der Waals surface area (Å²) < 4.78 is 13.0. The van der Waals surface area contributed by atoms with Crippen LogP contribution in [0.5, 0.6) is 5.75 Å². The van der Waals surface area contributed by atoms with E-state index in [0.29, 0.717) is 29.2 Å². The Labute approximate surface area is 242 Å². The van der Waals surface area contributed by atoms with Gasteiger partial charge in [-0.2, -0.15) is 0 Å². The molecular formula is C29H44BrN3O6. The number of carbonyl (C=O) groups excluding carboxylic acids is 3. The SMILES string of the molecule is Br.CCC(CC)Cn1ccn(CC(=O)c2cc(C(C)(C)C)c(O)c(C(C)(C)C)c2)/c1=N/C(=O)OCOC(C)=O. The summed E-state index contributed by atoms with van der Waals surface area (Å²) >= 11 is 0. The van der Waals surface area contributed by atoms with Gasteiger partial charge in [0.2, 0.25) is 12.4 Å². The van der Waals surface area contributed by atoms with Gasteiger partial charge in [0.1, 0.15) is 5.75 Å². The van der Waals surface area contributed by atoms with E-state index < -0.39 is 18.9 Å². The van der Waals surface area contributed by atoms with Crippen molar-refractivity contribution in [3.8, 4) is 5.75 Å². The predicted octanol–water partition coefficient (Wildman–Crippen LogP) is 6.05. The second kappa shape index (κ2) is 14.0. The van der Waals surface area contributed by atoms with E-state index >= 15 is 0 Å². The van der Waals surface area contributed by atoms with Gasteiger partial charge in [0.15, 0.2) is 5.78 Å². The van der Waals surface area contributed by atoms with E-state index in [1.165, 1.54) is 6.92 Å². The molecule has 0 saturated carbocycles. The summed E-state index contributed by atoms with van der Waals surface area (Å²) in [5.41, 5.74) is 1.38. The fraction of sp³-hybridized carbons (Fsp3) is 0.586. The second-order valence-electron chi connectivity index (χ2n) is 11.7. The number of ether oxygens (including phenoxy) is 2. The van der Waals surface area contributed by atoms with Gasteiger partial charge < -0.3 is 23.7 Å². The molecule has 2 aromatic rings. The molecule has 0 unspecified atom stereocenters. The number of nitrogens with zero attached hydrogens (tertiary/aromatic N) is 3. The molecule has 1 amide bonds. The molecule has 0 aliphatic heterocycles. The summed E-state index contributed by atoms with van der Waals surface area (Å²) in [5.74, 6) is -0.195. The van der Waals surface area contributed by atoms with Crippen LogP contribution in [0, 0.1) is 5.92 Å². The fourth-order valence-corrected chi connectivity index (χ4v) is 4.14. The first kappa shape index (κ1) is 34.1. The molecule has 39 heavy (non-hydrogen) atoms. The maximum Gasteiger partial charge on any atom is 0.439 e.